The van der Waals surface area contributed by atoms with E-state index in [1.165, 1.54) is 0 Å². The number of benzene rings is 2. The van der Waals surface area contributed by atoms with Crippen LogP contribution in [0.2, 0.25) is 0 Å². The van der Waals surface area contributed by atoms with Crippen molar-refractivity contribution in [3.63, 3.8) is 0 Å². The van der Waals surface area contributed by atoms with E-state index in [2.05, 4.69) is 10.3 Å². The van der Waals surface area contributed by atoms with E-state index in [0.717, 1.165) is 21.9 Å². The minimum Gasteiger partial charge on any atom is -0.392 e. The maximum absolute atomic E-state index is 12.6. The van der Waals surface area contributed by atoms with Gasteiger partial charge in [0.2, 0.25) is 0 Å². The third-order valence-corrected chi connectivity index (χ3v) is 3.65. The van der Waals surface area contributed by atoms with Crippen molar-refractivity contribution >= 4 is 22.4 Å². The number of pyridine rings is 1. The van der Waals surface area contributed by atoms with E-state index in [-0.39, 0.29) is 12.5 Å². The van der Waals surface area contributed by atoms with Crippen LogP contribution in [0.15, 0.2) is 54.9 Å². The van der Waals surface area contributed by atoms with Crippen LogP contribution in [0.3, 0.4) is 0 Å². The number of rotatable bonds is 3. The lowest BCUT2D eigenvalue weighted by atomic mass is 10.1. The fourth-order valence-corrected chi connectivity index (χ4v) is 2.39. The summed E-state index contributed by atoms with van der Waals surface area (Å²) < 4.78 is 0. The summed E-state index contributed by atoms with van der Waals surface area (Å²) in [6, 6.07) is 13.1. The Kier molecular flexibility index (Phi) is 3.85. The van der Waals surface area contributed by atoms with E-state index in [1.54, 1.807) is 18.5 Å². The number of anilines is 1. The molecule has 0 saturated heterocycles. The molecule has 0 saturated carbocycles. The lowest BCUT2D eigenvalue weighted by Crippen LogP contribution is -2.14. The first-order valence-electron chi connectivity index (χ1n) is 7.03. The highest BCUT2D eigenvalue weighted by Gasteiger charge is 2.12. The highest BCUT2D eigenvalue weighted by molar-refractivity contribution is 6.12. The molecule has 0 unspecified atom stereocenters. The molecule has 0 aliphatic carbocycles. The Balaban J connectivity index is 1.97. The zero-order chi connectivity index (χ0) is 15.5. The summed E-state index contributed by atoms with van der Waals surface area (Å²) in [5, 5.41) is 13.9. The Morgan fingerprint density at radius 1 is 1.18 bits per heavy atom. The van der Waals surface area contributed by atoms with Gasteiger partial charge in [0.05, 0.1) is 12.2 Å². The van der Waals surface area contributed by atoms with Crippen LogP contribution in [0, 0.1) is 6.92 Å². The summed E-state index contributed by atoms with van der Waals surface area (Å²) in [7, 11) is 0. The number of amides is 1. The molecule has 0 aliphatic rings. The molecule has 2 aromatic carbocycles. The van der Waals surface area contributed by atoms with E-state index in [1.807, 2.05) is 43.3 Å². The second kappa shape index (κ2) is 5.95. The topological polar surface area (TPSA) is 62.2 Å². The Morgan fingerprint density at radius 2 is 2.00 bits per heavy atom. The number of aromatic nitrogens is 1. The largest absolute Gasteiger partial charge is 0.392 e. The van der Waals surface area contributed by atoms with Crippen LogP contribution in [0.5, 0.6) is 0 Å². The number of hydrogen-bond donors (Lipinski definition) is 2. The lowest BCUT2D eigenvalue weighted by Gasteiger charge is -2.11. The minimum atomic E-state index is -0.206. The van der Waals surface area contributed by atoms with Crippen molar-refractivity contribution in [3.05, 3.63) is 71.5 Å². The SMILES string of the molecule is Cc1ccc(CO)cc1NC(=O)c1cncc2ccccc12. The van der Waals surface area contributed by atoms with Crippen LogP contribution in [-0.2, 0) is 6.61 Å². The van der Waals surface area contributed by atoms with Gasteiger partial charge in [0.1, 0.15) is 0 Å². The normalized spacial score (nSPS) is 10.6. The van der Waals surface area contributed by atoms with Crippen LogP contribution in [0.4, 0.5) is 5.69 Å². The third-order valence-electron chi connectivity index (χ3n) is 3.65. The van der Waals surface area contributed by atoms with Gasteiger partial charge in [-0.3, -0.25) is 9.78 Å². The summed E-state index contributed by atoms with van der Waals surface area (Å²) in [5.41, 5.74) is 2.94. The van der Waals surface area contributed by atoms with Crippen molar-refractivity contribution in [2.24, 2.45) is 0 Å². The van der Waals surface area contributed by atoms with Crippen molar-refractivity contribution in [3.8, 4) is 0 Å². The van der Waals surface area contributed by atoms with Crippen LogP contribution in [0.1, 0.15) is 21.5 Å². The van der Waals surface area contributed by atoms with Gasteiger partial charge in [-0.05, 0) is 29.5 Å². The molecule has 4 nitrogen and oxygen atoms in total. The predicted octanol–water partition coefficient (Wildman–Crippen LogP) is 3.29. The molecular formula is C18H16N2O2. The van der Waals surface area contributed by atoms with Crippen molar-refractivity contribution in [1.82, 2.24) is 4.98 Å². The number of aliphatic hydroxyl groups is 1. The molecule has 1 aromatic heterocycles. The summed E-state index contributed by atoms with van der Waals surface area (Å²) in [6.45, 7) is 1.86. The molecule has 1 amide bonds. The Morgan fingerprint density at radius 3 is 2.82 bits per heavy atom. The van der Waals surface area contributed by atoms with Crippen molar-refractivity contribution in [2.45, 2.75) is 13.5 Å². The highest BCUT2D eigenvalue weighted by Crippen LogP contribution is 2.21. The van der Waals surface area contributed by atoms with Crippen LogP contribution in [-0.4, -0.2) is 16.0 Å². The van der Waals surface area contributed by atoms with Gasteiger partial charge in [-0.1, -0.05) is 36.4 Å². The maximum atomic E-state index is 12.6. The van der Waals surface area contributed by atoms with Gasteiger partial charge in [0.25, 0.3) is 5.91 Å². The first-order chi connectivity index (χ1) is 10.7. The summed E-state index contributed by atoms with van der Waals surface area (Å²) in [6.07, 6.45) is 3.31. The fraction of sp³-hybridized carbons (Fsp3) is 0.111. The van der Waals surface area contributed by atoms with Gasteiger partial charge in [0, 0.05) is 23.5 Å². The molecule has 4 heteroatoms. The number of carbonyl (C=O) groups excluding carboxylic acids is 1. The van der Waals surface area contributed by atoms with Gasteiger partial charge in [-0.2, -0.15) is 0 Å². The molecular weight excluding hydrogens is 276 g/mol. The van der Waals surface area contributed by atoms with Gasteiger partial charge in [-0.15, -0.1) is 0 Å². The molecule has 0 bridgehead atoms. The molecule has 0 fully saturated rings. The molecule has 0 spiro atoms. The number of hydrogen-bond acceptors (Lipinski definition) is 3. The average Bonchev–Trinajstić information content (AvgIpc) is 2.56. The monoisotopic (exact) mass is 292 g/mol. The zero-order valence-corrected chi connectivity index (χ0v) is 12.2. The number of aryl methyl sites for hydroxylation is 1. The van der Waals surface area contributed by atoms with Gasteiger partial charge < -0.3 is 10.4 Å². The number of nitrogens with one attached hydrogen (secondary N) is 1. The van der Waals surface area contributed by atoms with Gasteiger partial charge >= 0.3 is 0 Å². The zero-order valence-electron chi connectivity index (χ0n) is 12.2. The molecule has 0 radical (unpaired) electrons. The molecule has 22 heavy (non-hydrogen) atoms. The van der Waals surface area contributed by atoms with Gasteiger partial charge in [-0.25, -0.2) is 0 Å². The van der Waals surface area contributed by atoms with E-state index >= 15 is 0 Å². The predicted molar refractivity (Wildman–Crippen MR) is 86.8 cm³/mol. The maximum Gasteiger partial charge on any atom is 0.257 e. The summed E-state index contributed by atoms with van der Waals surface area (Å²) in [5.74, 6) is -0.206. The van der Waals surface area contributed by atoms with E-state index in [4.69, 9.17) is 0 Å². The number of carbonyl (C=O) groups is 1. The van der Waals surface area contributed by atoms with Crippen LogP contribution >= 0.6 is 0 Å². The second-order valence-corrected chi connectivity index (χ2v) is 5.17. The fourth-order valence-electron chi connectivity index (χ4n) is 2.39. The average molecular weight is 292 g/mol. The molecule has 0 atom stereocenters. The van der Waals surface area contributed by atoms with Crippen molar-refractivity contribution in [2.75, 3.05) is 5.32 Å². The van der Waals surface area contributed by atoms with E-state index in [0.29, 0.717) is 11.3 Å². The molecule has 2 N–H and O–H groups in total. The van der Waals surface area contributed by atoms with Gasteiger partial charge in [0.15, 0.2) is 0 Å². The first kappa shape index (κ1) is 14.2. The molecule has 3 aromatic rings. The number of fused-ring (bicyclic) bond motifs is 1. The minimum absolute atomic E-state index is 0.0566. The molecule has 3 rings (SSSR count). The first-order valence-corrected chi connectivity index (χ1v) is 7.03. The van der Waals surface area contributed by atoms with Crippen LogP contribution in [0.25, 0.3) is 10.8 Å². The third kappa shape index (κ3) is 2.69. The second-order valence-electron chi connectivity index (χ2n) is 5.17. The Labute approximate surface area is 128 Å². The number of aliphatic hydroxyl groups excluding tert-OH is 1. The molecule has 110 valence electrons. The Bertz CT molecular complexity index is 838. The van der Waals surface area contributed by atoms with Crippen molar-refractivity contribution in [1.29, 1.82) is 0 Å². The lowest BCUT2D eigenvalue weighted by molar-refractivity contribution is 0.102. The molecule has 0 aliphatic heterocycles. The summed E-state index contributed by atoms with van der Waals surface area (Å²) >= 11 is 0. The smallest absolute Gasteiger partial charge is 0.257 e. The van der Waals surface area contributed by atoms with E-state index < -0.39 is 0 Å². The van der Waals surface area contributed by atoms with E-state index in [9.17, 15) is 9.90 Å². The molecule has 1 heterocycles. The van der Waals surface area contributed by atoms with Crippen LogP contribution < -0.4 is 5.32 Å². The number of nitrogens with zero attached hydrogens (tertiary/aromatic N) is 1. The standard InChI is InChI=1S/C18H16N2O2/c1-12-6-7-13(11-21)8-17(12)20-18(22)16-10-19-9-14-4-2-3-5-15(14)16/h2-10,21H,11H2,1H3,(H,20,22). The summed E-state index contributed by atoms with van der Waals surface area (Å²) in [4.78, 5) is 16.7. The quantitative estimate of drug-likeness (QED) is 0.778. The highest BCUT2D eigenvalue weighted by atomic mass is 16.3. The van der Waals surface area contributed by atoms with Crippen molar-refractivity contribution < 1.29 is 9.90 Å². The Hall–Kier alpha value is -2.72.